The van der Waals surface area contributed by atoms with Gasteiger partial charge >= 0.3 is 0 Å². The van der Waals surface area contributed by atoms with Gasteiger partial charge in [-0.2, -0.15) is 0 Å². The van der Waals surface area contributed by atoms with Crippen LogP contribution in [0.5, 0.6) is 11.5 Å². The number of benzene rings is 12. The summed E-state index contributed by atoms with van der Waals surface area (Å²) < 4.78 is 8.30. The average Bonchev–Trinajstić information content (AvgIpc) is 0.706. The van der Waals surface area contributed by atoms with Gasteiger partial charge in [0.1, 0.15) is 0 Å². The van der Waals surface area contributed by atoms with Crippen LogP contribution in [0.4, 0.5) is 34.1 Å². The van der Waals surface area contributed by atoms with Gasteiger partial charge in [-0.3, -0.25) is 4.90 Å². The molecule has 1 spiro atoms. The van der Waals surface area contributed by atoms with Crippen LogP contribution in [-0.4, -0.2) is 6.71 Å². The van der Waals surface area contributed by atoms with E-state index in [1.807, 2.05) is 12.1 Å². The predicted octanol–water partition coefficient (Wildman–Crippen LogP) is 18.8. The Kier molecular flexibility index (Phi) is 12.9. The minimum absolute atomic E-state index is 0.143. The van der Waals surface area contributed by atoms with Crippen LogP contribution in [0.25, 0.3) is 44.5 Å². The lowest BCUT2D eigenvalue weighted by Crippen LogP contribution is -2.63. The smallest absolute Gasteiger partial charge is 0.242 e. The van der Waals surface area contributed by atoms with Crippen LogP contribution < -0.4 is 30.9 Å². The number of anilines is 6. The van der Waals surface area contributed by atoms with Gasteiger partial charge in [0.15, 0.2) is 11.5 Å². The number of fused-ring (bicyclic) bond motifs is 8. The SMILES string of the molecule is Cc1cccc(C)c1B1c2ccc(-c3ccccc3)cc2C2(c3cc(-c4ccccc4)ccc31)c1cc(-c3ccccc3)cc(N(c3c#cccc3)c3ccccc3)c1Oc1c(N(c3ccccc3)c3ccccc3)cc(-c3ccccc3)cc12. The van der Waals surface area contributed by atoms with Crippen LogP contribution in [0.2, 0.25) is 0 Å². The van der Waals surface area contributed by atoms with E-state index in [4.69, 9.17) is 4.74 Å². The maximum Gasteiger partial charge on any atom is 0.242 e. The van der Waals surface area contributed by atoms with Gasteiger partial charge in [0.2, 0.25) is 6.71 Å². The molecule has 13 aromatic carbocycles. The second-order valence-electron chi connectivity index (χ2n) is 22.3. The molecule has 0 N–H and O–H groups in total. The lowest BCUT2D eigenvalue weighted by Gasteiger charge is -2.49. The lowest BCUT2D eigenvalue weighted by molar-refractivity contribution is 0.437. The highest BCUT2D eigenvalue weighted by molar-refractivity contribution is 6.97. The Morgan fingerprint density at radius 1 is 0.329 bits per heavy atom. The van der Waals surface area contributed by atoms with Crippen molar-refractivity contribution in [1.82, 2.24) is 0 Å². The van der Waals surface area contributed by atoms with Crippen molar-refractivity contribution in [3.05, 3.63) is 355 Å². The number of rotatable bonds is 11. The van der Waals surface area contributed by atoms with E-state index in [0.717, 1.165) is 101 Å². The molecule has 0 amide bonds. The first-order valence-corrected chi connectivity index (χ1v) is 29.3. The molecule has 15 rings (SSSR count). The molecule has 4 heteroatoms. The first-order chi connectivity index (χ1) is 42.0. The Hall–Kier alpha value is -10.9. The fourth-order valence-corrected chi connectivity index (χ4v) is 13.6. The van der Waals surface area contributed by atoms with E-state index in [-0.39, 0.29) is 6.71 Å². The third kappa shape index (κ3) is 8.80. The van der Waals surface area contributed by atoms with Gasteiger partial charge in [0, 0.05) is 28.2 Å². The summed E-state index contributed by atoms with van der Waals surface area (Å²) in [5.41, 5.74) is 24.0. The molecule has 13 aromatic rings. The van der Waals surface area contributed by atoms with E-state index < -0.39 is 5.41 Å². The van der Waals surface area contributed by atoms with E-state index in [9.17, 15) is 0 Å². The number of para-hydroxylation sites is 3. The Morgan fingerprint density at radius 2 is 0.706 bits per heavy atom. The van der Waals surface area contributed by atoms with Crippen LogP contribution in [0.3, 0.4) is 0 Å². The molecule has 0 saturated carbocycles. The van der Waals surface area contributed by atoms with Crippen LogP contribution >= 0.6 is 0 Å². The molecule has 0 bridgehead atoms. The molecule has 0 fully saturated rings. The molecule has 0 aliphatic carbocycles. The van der Waals surface area contributed by atoms with Crippen molar-refractivity contribution < 1.29 is 4.74 Å². The summed E-state index contributed by atoms with van der Waals surface area (Å²) in [6.07, 6.45) is 0. The van der Waals surface area contributed by atoms with E-state index in [1.165, 1.54) is 38.6 Å². The van der Waals surface area contributed by atoms with Gasteiger partial charge in [-0.15, -0.1) is 0 Å². The highest BCUT2D eigenvalue weighted by Crippen LogP contribution is 2.63. The van der Waals surface area contributed by atoms with Crippen LogP contribution in [0.1, 0.15) is 33.4 Å². The molecular weight excluding hydrogens is 1030 g/mol. The fourth-order valence-electron chi connectivity index (χ4n) is 13.6. The minimum atomic E-state index is -1.09. The Morgan fingerprint density at radius 3 is 1.12 bits per heavy atom. The lowest BCUT2D eigenvalue weighted by atomic mass is 9.29. The number of nitrogens with zero attached hydrogens (tertiary/aromatic N) is 2. The summed E-state index contributed by atoms with van der Waals surface area (Å²) in [7, 11) is 0. The second-order valence-corrected chi connectivity index (χ2v) is 22.3. The molecule has 2 aliphatic rings. The van der Waals surface area contributed by atoms with Crippen LogP contribution in [-0.2, 0) is 5.41 Å². The summed E-state index contributed by atoms with van der Waals surface area (Å²) in [5.74, 6) is 1.49. The highest BCUT2D eigenvalue weighted by atomic mass is 16.5. The van der Waals surface area contributed by atoms with E-state index >= 15 is 0 Å². The van der Waals surface area contributed by atoms with Gasteiger partial charge in [-0.1, -0.05) is 270 Å². The quantitative estimate of drug-likeness (QED) is 0.120. The monoisotopic (exact) mass is 1080 g/mol. The summed E-state index contributed by atoms with van der Waals surface area (Å²) in [4.78, 5) is 4.71. The Bertz CT molecular complexity index is 4190. The molecule has 0 atom stereocenters. The molecule has 3 nitrogen and oxygen atoms in total. The van der Waals surface area contributed by atoms with Crippen molar-refractivity contribution >= 4 is 57.2 Å². The molecule has 0 aromatic heterocycles. The van der Waals surface area contributed by atoms with Gasteiger partial charge in [0.25, 0.3) is 0 Å². The first-order valence-electron chi connectivity index (χ1n) is 29.3. The Labute approximate surface area is 499 Å². The van der Waals surface area contributed by atoms with E-state index in [0.29, 0.717) is 0 Å². The molecule has 0 saturated heterocycles. The largest absolute Gasteiger partial charge is 0.452 e. The maximum absolute atomic E-state index is 8.30. The van der Waals surface area contributed by atoms with E-state index in [1.54, 1.807) is 0 Å². The highest BCUT2D eigenvalue weighted by Gasteiger charge is 2.55. The predicted molar refractivity (Wildman–Crippen MR) is 354 cm³/mol. The number of hydrogen-bond donors (Lipinski definition) is 0. The standard InChI is InChI=1S/C81H57BN2O/c1-56-28-27-29-57(2)78(56)82-74-48-46-62(58-30-11-3-12-31-58)50-70(74)81(71-51-63(47-49-75(71)82)59-32-13-4-14-33-59)72-52-64(60-34-15-5-16-35-60)54-76(83(66-38-19-7-20-39-66)67-40-21-8-22-41-67)79(72)85-80-73(81)53-65(61-36-17-6-18-37-61)55-77(80)84(68-42-23-9-24-43-68)69-44-25-10-26-45-69/h3-25,27-44,46-55H,1-2H3. The molecule has 400 valence electrons. The first kappa shape index (κ1) is 51.1. The fraction of sp³-hybridized carbons (Fsp3) is 0.0370. The number of ether oxygens (including phenoxy) is 1. The van der Waals surface area contributed by atoms with Crippen molar-refractivity contribution in [2.45, 2.75) is 19.3 Å². The van der Waals surface area contributed by atoms with Crippen LogP contribution in [0, 0.1) is 26.0 Å². The van der Waals surface area contributed by atoms with Crippen molar-refractivity contribution in [3.63, 3.8) is 0 Å². The van der Waals surface area contributed by atoms with Gasteiger partial charge in [-0.05, 0) is 148 Å². The Balaban J connectivity index is 1.20. The second kappa shape index (κ2) is 21.5. The molecule has 0 unspecified atom stereocenters. The van der Waals surface area contributed by atoms with Gasteiger partial charge in [0.05, 0.1) is 22.5 Å². The third-order valence-corrected chi connectivity index (χ3v) is 17.3. The molecular formula is C81H57BN2O. The summed E-state index contributed by atoms with van der Waals surface area (Å²) in [5, 5.41) is 0. The zero-order valence-electron chi connectivity index (χ0n) is 47.3. The maximum atomic E-state index is 8.30. The van der Waals surface area contributed by atoms with Crippen molar-refractivity contribution in [2.75, 3.05) is 9.80 Å². The normalized spacial score (nSPS) is 12.4. The molecule has 2 heterocycles. The molecule has 2 aliphatic heterocycles. The third-order valence-electron chi connectivity index (χ3n) is 17.3. The summed E-state index contributed by atoms with van der Waals surface area (Å²) in [6, 6.07) is 120. The average molecular weight is 1090 g/mol. The summed E-state index contributed by atoms with van der Waals surface area (Å²) >= 11 is 0. The molecule has 0 radical (unpaired) electrons. The van der Waals surface area contributed by atoms with E-state index in [2.05, 4.69) is 333 Å². The summed E-state index contributed by atoms with van der Waals surface area (Å²) in [6.45, 7) is 4.43. The van der Waals surface area contributed by atoms with Crippen LogP contribution in [0.15, 0.2) is 309 Å². The zero-order chi connectivity index (χ0) is 56.8. The van der Waals surface area contributed by atoms with Crippen molar-refractivity contribution in [1.29, 1.82) is 0 Å². The number of hydrogen-bond acceptors (Lipinski definition) is 3. The van der Waals surface area contributed by atoms with Crippen molar-refractivity contribution in [3.8, 4) is 56.0 Å². The van der Waals surface area contributed by atoms with Gasteiger partial charge < -0.3 is 9.64 Å². The minimum Gasteiger partial charge on any atom is -0.452 e. The number of aryl methyl sites for hydroxylation is 2. The zero-order valence-corrected chi connectivity index (χ0v) is 47.3. The molecule has 85 heavy (non-hydrogen) atoms. The van der Waals surface area contributed by atoms with Gasteiger partial charge in [-0.25, -0.2) is 0 Å². The van der Waals surface area contributed by atoms with Crippen molar-refractivity contribution in [2.24, 2.45) is 0 Å². The topological polar surface area (TPSA) is 15.7 Å².